The van der Waals surface area contributed by atoms with Crippen molar-refractivity contribution in [1.82, 2.24) is 5.32 Å². The second kappa shape index (κ2) is 10.1. The minimum absolute atomic E-state index is 0.350. The number of nitrogens with one attached hydrogen (secondary N) is 1. The van der Waals surface area contributed by atoms with Gasteiger partial charge >= 0.3 is 0 Å². The summed E-state index contributed by atoms with van der Waals surface area (Å²) in [5.41, 5.74) is 6.01. The number of hydrogen-bond acceptors (Lipinski definition) is 2. The van der Waals surface area contributed by atoms with Crippen LogP contribution in [0.2, 0.25) is 0 Å². The summed E-state index contributed by atoms with van der Waals surface area (Å²) in [4.78, 5) is 0. The van der Waals surface area contributed by atoms with Crippen molar-refractivity contribution in [1.29, 1.82) is 0 Å². The predicted molar refractivity (Wildman–Crippen MR) is 73.6 cm³/mol. The Morgan fingerprint density at radius 1 is 1.12 bits per heavy atom. The molecule has 2 unspecified atom stereocenters. The molecule has 98 valence electrons. The monoisotopic (exact) mass is 228 g/mol. The van der Waals surface area contributed by atoms with Crippen LogP contribution in [0, 0.1) is 11.8 Å². The molecular formula is C14H32N2. The molecule has 0 saturated carbocycles. The fraction of sp³-hybridized carbons (Fsp3) is 1.00. The highest BCUT2D eigenvalue weighted by Crippen LogP contribution is 2.11. The van der Waals surface area contributed by atoms with Crippen molar-refractivity contribution in [3.05, 3.63) is 0 Å². The van der Waals surface area contributed by atoms with E-state index in [1.165, 1.54) is 32.2 Å². The molecule has 0 fully saturated rings. The molecular weight excluding hydrogens is 196 g/mol. The summed E-state index contributed by atoms with van der Waals surface area (Å²) < 4.78 is 0. The van der Waals surface area contributed by atoms with E-state index in [1.807, 2.05) is 0 Å². The molecule has 0 radical (unpaired) electrons. The maximum Gasteiger partial charge on any atom is 0.00739 e. The Morgan fingerprint density at radius 2 is 1.81 bits per heavy atom. The summed E-state index contributed by atoms with van der Waals surface area (Å²) in [6.07, 6.45) is 6.45. The molecule has 0 spiro atoms. The lowest BCUT2D eigenvalue weighted by Gasteiger charge is -2.18. The third kappa shape index (κ3) is 8.12. The van der Waals surface area contributed by atoms with Crippen LogP contribution in [0.5, 0.6) is 0 Å². The van der Waals surface area contributed by atoms with Gasteiger partial charge in [-0.1, -0.05) is 47.0 Å². The molecule has 0 saturated heterocycles. The van der Waals surface area contributed by atoms with Crippen LogP contribution in [-0.4, -0.2) is 19.1 Å². The van der Waals surface area contributed by atoms with E-state index in [0.717, 1.165) is 18.9 Å². The minimum Gasteiger partial charge on any atom is -0.327 e. The first-order chi connectivity index (χ1) is 7.61. The molecule has 3 N–H and O–H groups in total. The van der Waals surface area contributed by atoms with E-state index in [9.17, 15) is 0 Å². The highest BCUT2D eigenvalue weighted by Gasteiger charge is 2.08. The van der Waals surface area contributed by atoms with Crippen molar-refractivity contribution in [3.8, 4) is 0 Å². The minimum atomic E-state index is 0.350. The van der Waals surface area contributed by atoms with Crippen LogP contribution in [0.3, 0.4) is 0 Å². The van der Waals surface area contributed by atoms with E-state index in [1.54, 1.807) is 0 Å². The average molecular weight is 228 g/mol. The van der Waals surface area contributed by atoms with Gasteiger partial charge < -0.3 is 11.1 Å². The van der Waals surface area contributed by atoms with E-state index in [0.29, 0.717) is 12.0 Å². The average Bonchev–Trinajstić information content (AvgIpc) is 2.27. The van der Waals surface area contributed by atoms with E-state index in [-0.39, 0.29) is 0 Å². The van der Waals surface area contributed by atoms with Crippen LogP contribution in [0.25, 0.3) is 0 Å². The number of rotatable bonds is 10. The number of nitrogens with two attached hydrogens (primary N) is 1. The Kier molecular flexibility index (Phi) is 10.0. The van der Waals surface area contributed by atoms with Crippen molar-refractivity contribution in [2.75, 3.05) is 13.1 Å². The van der Waals surface area contributed by atoms with Gasteiger partial charge in [-0.15, -0.1) is 0 Å². The molecule has 0 aliphatic carbocycles. The van der Waals surface area contributed by atoms with Crippen molar-refractivity contribution >= 4 is 0 Å². The Morgan fingerprint density at radius 3 is 2.31 bits per heavy atom. The summed E-state index contributed by atoms with van der Waals surface area (Å²) in [5, 5.41) is 3.55. The zero-order valence-corrected chi connectivity index (χ0v) is 11.8. The van der Waals surface area contributed by atoms with Gasteiger partial charge in [0.05, 0.1) is 0 Å². The summed E-state index contributed by atoms with van der Waals surface area (Å²) in [6.45, 7) is 11.2. The second-order valence-electron chi connectivity index (χ2n) is 5.32. The molecule has 0 amide bonds. The Hall–Kier alpha value is -0.0800. The zero-order valence-electron chi connectivity index (χ0n) is 11.8. The van der Waals surface area contributed by atoms with E-state index in [2.05, 4.69) is 33.0 Å². The highest BCUT2D eigenvalue weighted by molar-refractivity contribution is 4.68. The van der Waals surface area contributed by atoms with Gasteiger partial charge in [-0.2, -0.15) is 0 Å². The zero-order chi connectivity index (χ0) is 12.4. The maximum atomic E-state index is 6.01. The van der Waals surface area contributed by atoms with Crippen LogP contribution < -0.4 is 11.1 Å². The molecule has 16 heavy (non-hydrogen) atoms. The SMILES string of the molecule is CCCCC(CC)CNCCC(N)C(C)C. The van der Waals surface area contributed by atoms with Crippen LogP contribution in [-0.2, 0) is 0 Å². The first-order valence-corrected chi connectivity index (χ1v) is 7.08. The van der Waals surface area contributed by atoms with Crippen LogP contribution in [0.15, 0.2) is 0 Å². The lowest BCUT2D eigenvalue weighted by Crippen LogP contribution is -2.32. The Balaban J connectivity index is 3.47. The van der Waals surface area contributed by atoms with Gasteiger partial charge in [0.1, 0.15) is 0 Å². The fourth-order valence-electron chi connectivity index (χ4n) is 1.85. The predicted octanol–water partition coefficient (Wildman–Crippen LogP) is 3.17. The summed E-state index contributed by atoms with van der Waals surface area (Å²) in [5.74, 6) is 1.46. The molecule has 0 aromatic carbocycles. The van der Waals surface area contributed by atoms with Gasteiger partial charge in [0.25, 0.3) is 0 Å². The molecule has 0 aliphatic rings. The van der Waals surface area contributed by atoms with Crippen LogP contribution in [0.1, 0.15) is 59.8 Å². The summed E-state index contributed by atoms with van der Waals surface area (Å²) in [7, 11) is 0. The van der Waals surface area contributed by atoms with Crippen LogP contribution >= 0.6 is 0 Å². The largest absolute Gasteiger partial charge is 0.327 e. The molecule has 0 aliphatic heterocycles. The van der Waals surface area contributed by atoms with Crippen molar-refractivity contribution in [2.24, 2.45) is 17.6 Å². The number of hydrogen-bond donors (Lipinski definition) is 2. The van der Waals surface area contributed by atoms with Gasteiger partial charge in [-0.3, -0.25) is 0 Å². The first kappa shape index (κ1) is 15.9. The molecule has 0 aromatic heterocycles. The maximum absolute atomic E-state index is 6.01. The van der Waals surface area contributed by atoms with Crippen molar-refractivity contribution in [3.63, 3.8) is 0 Å². The van der Waals surface area contributed by atoms with Gasteiger partial charge in [-0.25, -0.2) is 0 Å². The lowest BCUT2D eigenvalue weighted by molar-refractivity contribution is 0.398. The quantitative estimate of drug-likeness (QED) is 0.564. The van der Waals surface area contributed by atoms with Gasteiger partial charge in [0, 0.05) is 6.04 Å². The standard InChI is InChI=1S/C14H32N2/c1-5-7-8-13(6-2)11-16-10-9-14(15)12(3)4/h12-14,16H,5-11,15H2,1-4H3. The summed E-state index contributed by atoms with van der Waals surface area (Å²) in [6, 6.07) is 0.350. The van der Waals surface area contributed by atoms with E-state index >= 15 is 0 Å². The highest BCUT2D eigenvalue weighted by atomic mass is 14.9. The molecule has 2 heteroatoms. The Labute approximate surface area is 102 Å². The fourth-order valence-corrected chi connectivity index (χ4v) is 1.85. The first-order valence-electron chi connectivity index (χ1n) is 7.08. The molecule has 2 nitrogen and oxygen atoms in total. The lowest BCUT2D eigenvalue weighted by atomic mass is 9.99. The van der Waals surface area contributed by atoms with E-state index < -0.39 is 0 Å². The smallest absolute Gasteiger partial charge is 0.00739 e. The van der Waals surface area contributed by atoms with Crippen molar-refractivity contribution in [2.45, 2.75) is 65.8 Å². The molecule has 0 heterocycles. The summed E-state index contributed by atoms with van der Waals surface area (Å²) >= 11 is 0. The molecule has 0 rings (SSSR count). The topological polar surface area (TPSA) is 38.0 Å². The van der Waals surface area contributed by atoms with Gasteiger partial charge in [0.15, 0.2) is 0 Å². The Bertz CT molecular complexity index is 146. The normalized spacial score (nSPS) is 15.4. The number of unbranched alkanes of at least 4 members (excludes halogenated alkanes) is 1. The van der Waals surface area contributed by atoms with Crippen molar-refractivity contribution < 1.29 is 0 Å². The van der Waals surface area contributed by atoms with Gasteiger partial charge in [0.2, 0.25) is 0 Å². The van der Waals surface area contributed by atoms with Crippen LogP contribution in [0.4, 0.5) is 0 Å². The molecule has 0 bridgehead atoms. The molecule has 0 aromatic rings. The van der Waals surface area contributed by atoms with Gasteiger partial charge in [-0.05, 0) is 37.8 Å². The third-order valence-corrected chi connectivity index (χ3v) is 3.49. The third-order valence-electron chi connectivity index (χ3n) is 3.49. The molecule has 2 atom stereocenters. The van der Waals surface area contributed by atoms with E-state index in [4.69, 9.17) is 5.73 Å². The second-order valence-corrected chi connectivity index (χ2v) is 5.32.